The molecule has 0 spiro atoms. The number of ketones is 2. The van der Waals surface area contributed by atoms with Crippen molar-refractivity contribution in [3.63, 3.8) is 0 Å². The minimum absolute atomic E-state index is 0.0304. The molecule has 1 aromatic rings. The number of Topliss-reactive ketones (excluding diaryl/α,β-unsaturated/α-hetero) is 1. The minimum Gasteiger partial charge on any atom is -0.458 e. The third-order valence-electron chi connectivity index (χ3n) is 10.7. The number of fused-ring (bicyclic) bond motifs is 5. The zero-order chi connectivity index (χ0) is 27.8. The van der Waals surface area contributed by atoms with Crippen molar-refractivity contribution < 1.29 is 29.0 Å². The molecule has 3 saturated carbocycles. The minimum atomic E-state index is -1.52. The molecule has 8 heteroatoms. The van der Waals surface area contributed by atoms with Crippen molar-refractivity contribution in [1.82, 2.24) is 10.3 Å². The van der Waals surface area contributed by atoms with E-state index in [1.165, 1.54) is 5.57 Å². The molecule has 8 nitrogen and oxygen atoms in total. The Morgan fingerprint density at radius 2 is 1.87 bits per heavy atom. The molecule has 1 aromatic heterocycles. The number of amides is 1. The molecule has 0 aromatic carbocycles. The first-order chi connectivity index (χ1) is 18.6. The van der Waals surface area contributed by atoms with E-state index in [1.807, 2.05) is 19.1 Å². The Labute approximate surface area is 230 Å². The van der Waals surface area contributed by atoms with Crippen LogP contribution in [0.15, 0.2) is 36.2 Å². The maximum Gasteiger partial charge on any atom is 0.306 e. The quantitative estimate of drug-likeness (QED) is 0.484. The fraction of sp³-hybridized carbons (Fsp3) is 0.645. The average Bonchev–Trinajstić information content (AvgIpc) is 3.21. The fourth-order valence-electron chi connectivity index (χ4n) is 8.38. The zero-order valence-electron chi connectivity index (χ0n) is 23.0. The average molecular weight is 537 g/mol. The summed E-state index contributed by atoms with van der Waals surface area (Å²) >= 11 is 0. The second kappa shape index (κ2) is 10.6. The molecular weight excluding hydrogens is 496 g/mol. The summed E-state index contributed by atoms with van der Waals surface area (Å²) in [5.74, 6) is -0.0192. The highest BCUT2D eigenvalue weighted by molar-refractivity contribution is 5.92. The van der Waals surface area contributed by atoms with Crippen LogP contribution in [0.1, 0.15) is 83.6 Å². The molecule has 2 N–H and O–H groups in total. The van der Waals surface area contributed by atoms with E-state index in [9.17, 15) is 24.3 Å². The summed E-state index contributed by atoms with van der Waals surface area (Å²) in [4.78, 5) is 53.8. The standard InChI is InChI=1S/C31H40N2O6/c1-29-12-9-22(34)16-21(29)5-6-23-24(29)10-13-30(2)25(23)11-14-31(30,38)26(35)19-39-28(37)8-7-27(36)33-18-20-4-3-15-32-17-20/h3-4,15-17,23-25,38H,5-14,18-19H2,1-2H3,(H,33,36)/t23-,24-,25-,29-,30+,31-/m0/s1. The van der Waals surface area contributed by atoms with Crippen LogP contribution in [0.4, 0.5) is 0 Å². The number of aromatic nitrogens is 1. The molecule has 39 heavy (non-hydrogen) atoms. The van der Waals surface area contributed by atoms with Gasteiger partial charge in [0.25, 0.3) is 0 Å². The molecule has 0 bridgehead atoms. The van der Waals surface area contributed by atoms with Crippen molar-refractivity contribution in [1.29, 1.82) is 0 Å². The summed E-state index contributed by atoms with van der Waals surface area (Å²) in [6.45, 7) is 4.21. The van der Waals surface area contributed by atoms with E-state index >= 15 is 0 Å². The number of nitrogens with zero attached hydrogens (tertiary/aromatic N) is 1. The lowest BCUT2D eigenvalue weighted by Gasteiger charge is -2.58. The van der Waals surface area contributed by atoms with E-state index in [0.29, 0.717) is 31.2 Å². The lowest BCUT2D eigenvalue weighted by atomic mass is 9.46. The van der Waals surface area contributed by atoms with Gasteiger partial charge < -0.3 is 15.2 Å². The number of esters is 1. The largest absolute Gasteiger partial charge is 0.458 e. The maximum atomic E-state index is 13.4. The number of aliphatic hydroxyl groups is 1. The van der Waals surface area contributed by atoms with Crippen LogP contribution in [0.25, 0.3) is 0 Å². The first kappa shape index (κ1) is 27.7. The Balaban J connectivity index is 1.15. The predicted octanol–water partition coefficient (Wildman–Crippen LogP) is 3.85. The first-order valence-corrected chi connectivity index (χ1v) is 14.4. The van der Waals surface area contributed by atoms with Gasteiger partial charge in [-0.1, -0.05) is 25.5 Å². The molecule has 1 amide bonds. The van der Waals surface area contributed by atoms with Gasteiger partial charge in [0, 0.05) is 37.2 Å². The summed E-state index contributed by atoms with van der Waals surface area (Å²) in [5.41, 5.74) is 0.0985. The van der Waals surface area contributed by atoms with Crippen LogP contribution in [-0.2, 0) is 30.5 Å². The van der Waals surface area contributed by atoms with E-state index in [2.05, 4.69) is 17.2 Å². The molecular formula is C31H40N2O6. The van der Waals surface area contributed by atoms with E-state index in [1.54, 1.807) is 18.5 Å². The molecule has 210 valence electrons. The lowest BCUT2D eigenvalue weighted by molar-refractivity contribution is -0.170. The molecule has 0 aliphatic heterocycles. The van der Waals surface area contributed by atoms with Gasteiger partial charge in [0.05, 0.1) is 6.42 Å². The Kier molecular flexibility index (Phi) is 7.53. The van der Waals surface area contributed by atoms with Crippen LogP contribution >= 0.6 is 0 Å². The highest BCUT2D eigenvalue weighted by atomic mass is 16.5. The molecule has 0 radical (unpaired) electrons. The topological polar surface area (TPSA) is 123 Å². The molecule has 1 heterocycles. The van der Waals surface area contributed by atoms with Gasteiger partial charge in [-0.15, -0.1) is 0 Å². The van der Waals surface area contributed by atoms with Crippen LogP contribution in [-0.4, -0.2) is 45.7 Å². The number of hydrogen-bond acceptors (Lipinski definition) is 7. The van der Waals surface area contributed by atoms with Crippen molar-refractivity contribution >= 4 is 23.4 Å². The molecule has 0 saturated heterocycles. The van der Waals surface area contributed by atoms with Crippen LogP contribution in [0.5, 0.6) is 0 Å². The molecule has 5 rings (SSSR count). The number of pyridine rings is 1. The molecule has 0 unspecified atom stereocenters. The van der Waals surface area contributed by atoms with Crippen molar-refractivity contribution in [3.8, 4) is 0 Å². The van der Waals surface area contributed by atoms with Crippen LogP contribution in [0.3, 0.4) is 0 Å². The smallest absolute Gasteiger partial charge is 0.306 e. The van der Waals surface area contributed by atoms with Gasteiger partial charge in [-0.2, -0.15) is 0 Å². The molecule has 3 fully saturated rings. The third kappa shape index (κ3) is 4.96. The number of carbonyl (C=O) groups is 4. The summed E-state index contributed by atoms with van der Waals surface area (Å²) in [6.07, 6.45) is 11.2. The second-order valence-corrected chi connectivity index (χ2v) is 12.5. The first-order valence-electron chi connectivity index (χ1n) is 14.4. The summed E-state index contributed by atoms with van der Waals surface area (Å²) in [5, 5.41) is 14.5. The fourth-order valence-corrected chi connectivity index (χ4v) is 8.38. The second-order valence-electron chi connectivity index (χ2n) is 12.5. The van der Waals surface area contributed by atoms with Crippen LogP contribution in [0.2, 0.25) is 0 Å². The maximum absolute atomic E-state index is 13.4. The monoisotopic (exact) mass is 536 g/mol. The van der Waals surface area contributed by atoms with E-state index < -0.39 is 29.4 Å². The summed E-state index contributed by atoms with van der Waals surface area (Å²) < 4.78 is 5.24. The SMILES string of the molecule is C[C@]12CCC(=O)C=C1CC[C@H]1[C@@H]2CC[C@]2(C)[C@H]1CC[C@]2(O)C(=O)COC(=O)CCC(=O)NCc1cccnc1. The van der Waals surface area contributed by atoms with Crippen molar-refractivity contribution in [2.24, 2.45) is 28.6 Å². The Hall–Kier alpha value is -2.87. The number of rotatable bonds is 8. The third-order valence-corrected chi connectivity index (χ3v) is 10.7. The van der Waals surface area contributed by atoms with Crippen molar-refractivity contribution in [2.45, 2.75) is 90.2 Å². The molecule has 4 aliphatic rings. The highest BCUT2D eigenvalue weighted by Gasteiger charge is 2.66. The van der Waals surface area contributed by atoms with Gasteiger partial charge in [0.2, 0.25) is 11.7 Å². The van der Waals surface area contributed by atoms with Gasteiger partial charge in [-0.3, -0.25) is 24.2 Å². The van der Waals surface area contributed by atoms with E-state index in [0.717, 1.165) is 44.1 Å². The van der Waals surface area contributed by atoms with Gasteiger partial charge in [0.15, 0.2) is 12.4 Å². The summed E-state index contributed by atoms with van der Waals surface area (Å²) in [7, 11) is 0. The Morgan fingerprint density at radius 3 is 2.64 bits per heavy atom. The van der Waals surface area contributed by atoms with Gasteiger partial charge in [-0.05, 0) is 85.8 Å². The van der Waals surface area contributed by atoms with E-state index in [4.69, 9.17) is 4.74 Å². The van der Waals surface area contributed by atoms with Crippen molar-refractivity contribution in [3.05, 3.63) is 41.7 Å². The number of allylic oxidation sites excluding steroid dienone is 1. The number of hydrogen-bond donors (Lipinski definition) is 2. The van der Waals surface area contributed by atoms with Gasteiger partial charge >= 0.3 is 5.97 Å². The molecule has 4 aliphatic carbocycles. The highest BCUT2D eigenvalue weighted by Crippen LogP contribution is 2.67. The van der Waals surface area contributed by atoms with Crippen molar-refractivity contribution in [2.75, 3.05) is 6.61 Å². The summed E-state index contributed by atoms with van der Waals surface area (Å²) in [6, 6.07) is 3.63. The van der Waals surface area contributed by atoms with Gasteiger partial charge in [0.1, 0.15) is 5.60 Å². The van der Waals surface area contributed by atoms with Crippen LogP contribution < -0.4 is 5.32 Å². The van der Waals surface area contributed by atoms with Crippen LogP contribution in [0, 0.1) is 28.6 Å². The zero-order valence-corrected chi connectivity index (χ0v) is 23.0. The lowest BCUT2D eigenvalue weighted by Crippen LogP contribution is -2.58. The predicted molar refractivity (Wildman–Crippen MR) is 143 cm³/mol. The number of carbonyl (C=O) groups excluding carboxylic acids is 4. The Morgan fingerprint density at radius 1 is 1.08 bits per heavy atom. The number of nitrogens with one attached hydrogen (secondary N) is 1. The van der Waals surface area contributed by atoms with Gasteiger partial charge in [-0.25, -0.2) is 0 Å². The molecule has 6 atom stereocenters. The normalized spacial score (nSPS) is 35.2. The van der Waals surface area contributed by atoms with E-state index in [-0.39, 0.29) is 35.9 Å². The number of ether oxygens (including phenoxy) is 1. The Bertz CT molecular complexity index is 1180.